The van der Waals surface area contributed by atoms with Gasteiger partial charge in [0.25, 0.3) is 0 Å². The summed E-state index contributed by atoms with van der Waals surface area (Å²) in [7, 11) is 0. The molecule has 1 aliphatic heterocycles. The van der Waals surface area contributed by atoms with Crippen LogP contribution >= 0.6 is 23.7 Å². The van der Waals surface area contributed by atoms with Gasteiger partial charge in [-0.25, -0.2) is 19.9 Å². The third kappa shape index (κ3) is 3.14. The van der Waals surface area contributed by atoms with Crippen molar-refractivity contribution in [2.75, 3.05) is 4.31 Å². The molecule has 6 nitrogen and oxygen atoms in total. The first-order chi connectivity index (χ1) is 13.8. The zero-order valence-electron chi connectivity index (χ0n) is 15.0. The number of imidazole rings is 1. The maximum absolute atomic E-state index is 5.00. The fourth-order valence-corrected chi connectivity index (χ4v) is 5.10. The Morgan fingerprint density at radius 1 is 1.00 bits per heavy atom. The summed E-state index contributed by atoms with van der Waals surface area (Å²) in [6, 6.07) is 18.5. The molecule has 1 unspecified atom stereocenters. The van der Waals surface area contributed by atoms with Gasteiger partial charge in [-0.15, -0.1) is 0 Å². The Labute approximate surface area is 170 Å². The third-order valence-electron chi connectivity index (χ3n) is 4.33. The number of nitrogens with zero attached hydrogens (tertiary/aromatic N) is 5. The maximum atomic E-state index is 5.00. The summed E-state index contributed by atoms with van der Waals surface area (Å²) in [4.78, 5) is 22.2. The van der Waals surface area contributed by atoms with Gasteiger partial charge >= 0.3 is 0 Å². The number of benzene rings is 2. The minimum absolute atomic E-state index is 0.0717. The van der Waals surface area contributed by atoms with Crippen LogP contribution in [0.3, 0.4) is 0 Å². The second-order valence-corrected chi connectivity index (χ2v) is 8.52. The zero-order chi connectivity index (χ0) is 18.9. The zero-order valence-corrected chi connectivity index (χ0v) is 16.6. The third-order valence-corrected chi connectivity index (χ3v) is 6.55. The van der Waals surface area contributed by atoms with Crippen LogP contribution < -0.4 is 4.31 Å². The van der Waals surface area contributed by atoms with E-state index in [1.165, 1.54) is 0 Å². The number of aliphatic imine (C=N–C) groups is 1. The van der Waals surface area contributed by atoms with E-state index >= 15 is 0 Å². The van der Waals surface area contributed by atoms with Crippen molar-refractivity contribution in [3.8, 4) is 0 Å². The summed E-state index contributed by atoms with van der Waals surface area (Å²) in [6.45, 7) is 2.15. The molecule has 0 spiro atoms. The van der Waals surface area contributed by atoms with E-state index in [-0.39, 0.29) is 5.25 Å². The van der Waals surface area contributed by atoms with Crippen molar-refractivity contribution in [2.45, 2.75) is 22.1 Å². The molecule has 3 heterocycles. The number of thioether (sulfide) groups is 1. The lowest BCUT2D eigenvalue weighted by Gasteiger charge is -2.31. The number of aromatic amines is 1. The van der Waals surface area contributed by atoms with E-state index in [4.69, 9.17) is 4.99 Å². The Bertz CT molecular complexity index is 1160. The van der Waals surface area contributed by atoms with Crippen molar-refractivity contribution in [3.05, 3.63) is 67.3 Å². The number of rotatable bonds is 4. The van der Waals surface area contributed by atoms with Gasteiger partial charge in [-0.2, -0.15) is 0 Å². The molecule has 0 bridgehead atoms. The lowest BCUT2D eigenvalue weighted by atomic mass is 10.3. The summed E-state index contributed by atoms with van der Waals surface area (Å²) in [5.74, 6) is 0.978. The molecule has 0 amide bonds. The highest BCUT2D eigenvalue weighted by Crippen LogP contribution is 2.42. The molecule has 1 atom stereocenters. The van der Waals surface area contributed by atoms with E-state index in [1.54, 1.807) is 36.4 Å². The predicted octanol–water partition coefficient (Wildman–Crippen LogP) is 5.09. The minimum Gasteiger partial charge on any atom is -0.341 e. The number of hydrogen-bond acceptors (Lipinski definition) is 7. The average molecular weight is 405 g/mol. The SMILES string of the molecule is CC(Sc1ncnc2nc[nH]c12)C1=Nc2ccccc2SN1c1ccccc1. The van der Waals surface area contributed by atoms with Gasteiger partial charge in [0.2, 0.25) is 0 Å². The van der Waals surface area contributed by atoms with E-state index in [0.717, 1.165) is 32.6 Å². The fraction of sp³-hybridized carbons (Fsp3) is 0.100. The van der Waals surface area contributed by atoms with Gasteiger partial charge in [-0.1, -0.05) is 42.1 Å². The Kier molecular flexibility index (Phi) is 4.50. The van der Waals surface area contributed by atoms with Crippen LogP contribution in [0.1, 0.15) is 6.92 Å². The molecular formula is C20H16N6S2. The normalized spacial score (nSPS) is 14.6. The van der Waals surface area contributed by atoms with Crippen molar-refractivity contribution < 1.29 is 0 Å². The predicted molar refractivity (Wildman–Crippen MR) is 115 cm³/mol. The lowest BCUT2D eigenvalue weighted by Crippen LogP contribution is -2.33. The second kappa shape index (κ2) is 7.29. The quantitative estimate of drug-likeness (QED) is 0.290. The molecule has 0 saturated carbocycles. The van der Waals surface area contributed by atoms with E-state index in [9.17, 15) is 0 Å². The van der Waals surface area contributed by atoms with Crippen LogP contribution in [0.4, 0.5) is 11.4 Å². The molecule has 138 valence electrons. The van der Waals surface area contributed by atoms with Crippen molar-refractivity contribution in [3.63, 3.8) is 0 Å². The molecule has 28 heavy (non-hydrogen) atoms. The standard InChI is InChI=1S/C20H16N6S2/c1-13(27-20-17-18(22-11-21-17)23-12-24-20)19-25-15-9-5-6-10-16(15)28-26(19)14-7-3-2-4-8-14/h2-13H,1H3,(H,21,22,23,24). The van der Waals surface area contributed by atoms with Gasteiger partial charge in [0.1, 0.15) is 22.7 Å². The molecule has 5 rings (SSSR count). The number of para-hydroxylation sites is 2. The maximum Gasteiger partial charge on any atom is 0.181 e. The summed E-state index contributed by atoms with van der Waals surface area (Å²) in [5, 5.41) is 0.942. The van der Waals surface area contributed by atoms with Crippen LogP contribution in [-0.4, -0.2) is 31.0 Å². The van der Waals surface area contributed by atoms with Crippen molar-refractivity contribution in [1.29, 1.82) is 0 Å². The van der Waals surface area contributed by atoms with Gasteiger partial charge in [0.15, 0.2) is 5.65 Å². The van der Waals surface area contributed by atoms with E-state index < -0.39 is 0 Å². The summed E-state index contributed by atoms with van der Waals surface area (Å²) in [6.07, 6.45) is 3.20. The molecule has 0 radical (unpaired) electrons. The molecule has 1 aliphatic rings. The molecule has 8 heteroatoms. The fourth-order valence-electron chi connectivity index (χ4n) is 3.00. The van der Waals surface area contributed by atoms with Crippen LogP contribution in [-0.2, 0) is 0 Å². The molecule has 1 N–H and O–H groups in total. The largest absolute Gasteiger partial charge is 0.341 e. The Morgan fingerprint density at radius 2 is 1.82 bits per heavy atom. The number of amidine groups is 1. The summed E-state index contributed by atoms with van der Waals surface area (Å²) < 4.78 is 2.20. The molecular weight excluding hydrogens is 388 g/mol. The highest BCUT2D eigenvalue weighted by Gasteiger charge is 2.28. The number of hydrogen-bond donors (Lipinski definition) is 1. The highest BCUT2D eigenvalue weighted by atomic mass is 32.2. The van der Waals surface area contributed by atoms with Crippen molar-refractivity contribution in [2.24, 2.45) is 4.99 Å². The highest BCUT2D eigenvalue weighted by molar-refractivity contribution is 8.03. The van der Waals surface area contributed by atoms with Crippen LogP contribution in [0.5, 0.6) is 0 Å². The summed E-state index contributed by atoms with van der Waals surface area (Å²) in [5.41, 5.74) is 3.63. The van der Waals surface area contributed by atoms with E-state index in [1.807, 2.05) is 30.3 Å². The molecule has 2 aromatic heterocycles. The van der Waals surface area contributed by atoms with E-state index in [2.05, 4.69) is 55.4 Å². The van der Waals surface area contributed by atoms with E-state index in [0.29, 0.717) is 5.65 Å². The molecule has 0 saturated heterocycles. The summed E-state index contributed by atoms with van der Waals surface area (Å²) >= 11 is 3.35. The Hall–Kier alpha value is -2.84. The van der Waals surface area contributed by atoms with Crippen LogP contribution in [0, 0.1) is 0 Å². The number of nitrogens with one attached hydrogen (secondary N) is 1. The second-order valence-electron chi connectivity index (χ2n) is 6.20. The molecule has 0 fully saturated rings. The lowest BCUT2D eigenvalue weighted by molar-refractivity contribution is 1.08. The number of H-pyrrole nitrogens is 1. The van der Waals surface area contributed by atoms with Gasteiger partial charge in [-0.05, 0) is 43.1 Å². The number of aromatic nitrogens is 4. The monoisotopic (exact) mass is 404 g/mol. The van der Waals surface area contributed by atoms with Gasteiger partial charge in [0.05, 0.1) is 27.8 Å². The van der Waals surface area contributed by atoms with Gasteiger partial charge in [0, 0.05) is 0 Å². The van der Waals surface area contributed by atoms with Crippen LogP contribution in [0.2, 0.25) is 0 Å². The Balaban J connectivity index is 1.54. The van der Waals surface area contributed by atoms with Crippen molar-refractivity contribution in [1.82, 2.24) is 19.9 Å². The number of fused-ring (bicyclic) bond motifs is 2. The van der Waals surface area contributed by atoms with Crippen molar-refractivity contribution >= 4 is 52.1 Å². The van der Waals surface area contributed by atoms with Gasteiger partial charge < -0.3 is 4.98 Å². The topological polar surface area (TPSA) is 70.1 Å². The first kappa shape index (κ1) is 17.3. The molecule has 4 aromatic rings. The van der Waals surface area contributed by atoms with Crippen LogP contribution in [0.15, 0.2) is 82.2 Å². The molecule has 0 aliphatic carbocycles. The first-order valence-corrected chi connectivity index (χ1v) is 10.5. The van der Waals surface area contributed by atoms with Crippen LogP contribution in [0.25, 0.3) is 11.2 Å². The van der Waals surface area contributed by atoms with Gasteiger partial charge in [-0.3, -0.25) is 4.31 Å². The molecule has 2 aromatic carbocycles. The Morgan fingerprint density at radius 3 is 2.71 bits per heavy atom. The average Bonchev–Trinajstić information content (AvgIpc) is 3.23. The minimum atomic E-state index is 0.0717. The smallest absolute Gasteiger partial charge is 0.181 e. The number of anilines is 1. The first-order valence-electron chi connectivity index (χ1n) is 8.81.